The third-order valence-corrected chi connectivity index (χ3v) is 8.84. The summed E-state index contributed by atoms with van der Waals surface area (Å²) < 4.78 is 74.4. The quantitative estimate of drug-likeness (QED) is 0.177. The Bertz CT molecular complexity index is 1350. The Hall–Kier alpha value is -3.25. The number of hydrogen-bond donors (Lipinski definition) is 7. The maximum Gasteiger partial charge on any atom is 0.471 e. The van der Waals surface area contributed by atoms with Gasteiger partial charge in [0.2, 0.25) is 0 Å². The number of aliphatic hydroxyl groups excluding tert-OH is 2. The maximum atomic E-state index is 13.3. The number of nitrogens with two attached hydrogens (primary N) is 1. The number of carbonyl (C=O) groups is 4. The van der Waals surface area contributed by atoms with Crippen LogP contribution in [0.4, 0.5) is 27.6 Å². The van der Waals surface area contributed by atoms with Crippen LogP contribution in [0.5, 0.6) is 0 Å². The van der Waals surface area contributed by atoms with Crippen molar-refractivity contribution in [2.75, 3.05) is 20.7 Å². The van der Waals surface area contributed by atoms with Crippen molar-refractivity contribution in [2.24, 2.45) is 5.73 Å². The average Bonchev–Trinajstić information content (AvgIpc) is 2.99. The van der Waals surface area contributed by atoms with Crippen LogP contribution in [0.2, 0.25) is 0 Å². The van der Waals surface area contributed by atoms with Crippen LogP contribution in [0.25, 0.3) is 0 Å². The Morgan fingerprint density at radius 3 is 1.85 bits per heavy atom. The first kappa shape index (κ1) is 45.1. The molecule has 0 aromatic carbocycles. The van der Waals surface area contributed by atoms with Gasteiger partial charge in [0, 0.05) is 20.1 Å². The zero-order valence-corrected chi connectivity index (χ0v) is 31.7. The summed E-state index contributed by atoms with van der Waals surface area (Å²) in [6.45, 7) is 10.0. The molecule has 3 rings (SSSR count). The molecule has 0 aromatic heterocycles. The molecule has 0 aromatic rings. The Balaban J connectivity index is 1.97. The molecule has 8 N–H and O–H groups in total. The van der Waals surface area contributed by atoms with Crippen molar-refractivity contribution in [3.8, 4) is 0 Å². The van der Waals surface area contributed by atoms with Crippen LogP contribution in [0.1, 0.15) is 67.7 Å². The van der Waals surface area contributed by atoms with E-state index in [4.69, 9.17) is 34.2 Å². The van der Waals surface area contributed by atoms with E-state index in [9.17, 15) is 52.8 Å². The molecule has 2 heterocycles. The lowest BCUT2D eigenvalue weighted by atomic mass is 9.83. The highest BCUT2D eigenvalue weighted by molar-refractivity contribution is 5.82. The van der Waals surface area contributed by atoms with E-state index in [0.29, 0.717) is 0 Å². The van der Waals surface area contributed by atoms with E-state index >= 15 is 0 Å². The van der Waals surface area contributed by atoms with Gasteiger partial charge in [-0.3, -0.25) is 9.69 Å². The standard InChI is InChI=1S/C32H54F3N5O14/c1-29(2,3)53-26(44)37-15-10-11-17(39(8)28(46)47)50-23(15)52-21-16(38-27(45)54-30(4,5)6)12-14(36)20(18(21)41)51-24-19(42)22(31(7,48)13-49-24)40(9)25(43)32(33,34)35/h14-24,41-42,48H,10-13,36H2,1-9H3,(H,37,44)(H,38,45)(H,46,47)/t14-,15-,16+,17+,18-,19-,20+,21-,22-,23+,24-,31+/m1/s1. The molecule has 19 nitrogen and oxygen atoms in total. The van der Waals surface area contributed by atoms with E-state index < -0.39 is 121 Å². The Labute approximate surface area is 310 Å². The maximum absolute atomic E-state index is 13.3. The van der Waals surface area contributed by atoms with Crippen LogP contribution < -0.4 is 16.4 Å². The third-order valence-electron chi connectivity index (χ3n) is 8.84. The molecular weight excluding hydrogens is 735 g/mol. The number of likely N-dealkylation sites (N-methyl/N-ethyl adjacent to an activating group) is 1. The number of halogens is 3. The molecule has 3 fully saturated rings. The number of nitrogens with one attached hydrogen (secondary N) is 2. The molecule has 0 bridgehead atoms. The molecule has 1 aliphatic carbocycles. The van der Waals surface area contributed by atoms with Crippen molar-refractivity contribution >= 4 is 24.2 Å². The topological polar surface area (TPSA) is 261 Å². The molecule has 2 aliphatic heterocycles. The molecule has 1 saturated carbocycles. The van der Waals surface area contributed by atoms with Gasteiger partial charge in [0.1, 0.15) is 47.4 Å². The smallest absolute Gasteiger partial charge is 0.465 e. The second-order valence-electron chi connectivity index (χ2n) is 15.9. The molecule has 3 aliphatic rings. The summed E-state index contributed by atoms with van der Waals surface area (Å²) in [4.78, 5) is 50.6. The first-order valence-electron chi connectivity index (χ1n) is 17.2. The number of carbonyl (C=O) groups excluding carboxylic acids is 3. The summed E-state index contributed by atoms with van der Waals surface area (Å²) in [6.07, 6.45) is -20.1. The molecule has 22 heteroatoms. The second-order valence-corrected chi connectivity index (χ2v) is 15.9. The first-order chi connectivity index (χ1) is 24.5. The highest BCUT2D eigenvalue weighted by atomic mass is 19.4. The average molecular weight is 790 g/mol. The second kappa shape index (κ2) is 16.9. The summed E-state index contributed by atoms with van der Waals surface area (Å²) in [5.41, 5.74) is 2.36. The summed E-state index contributed by atoms with van der Waals surface area (Å²) in [6, 6.07) is -5.28. The molecule has 2 saturated heterocycles. The Kier molecular flexibility index (Phi) is 14.1. The van der Waals surface area contributed by atoms with Crippen molar-refractivity contribution in [1.82, 2.24) is 20.4 Å². The minimum Gasteiger partial charge on any atom is -0.465 e. The van der Waals surface area contributed by atoms with Gasteiger partial charge < -0.3 is 70.1 Å². The molecule has 0 radical (unpaired) electrons. The third kappa shape index (κ3) is 11.6. The molecule has 12 atom stereocenters. The zero-order valence-electron chi connectivity index (χ0n) is 31.7. The summed E-state index contributed by atoms with van der Waals surface area (Å²) in [5, 5.41) is 48.7. The van der Waals surface area contributed by atoms with Gasteiger partial charge in [0.25, 0.3) is 0 Å². The van der Waals surface area contributed by atoms with Crippen LogP contribution in [-0.4, -0.2) is 165 Å². The molecule has 312 valence electrons. The zero-order chi connectivity index (χ0) is 41.3. The van der Waals surface area contributed by atoms with E-state index in [2.05, 4.69) is 10.6 Å². The fourth-order valence-corrected chi connectivity index (χ4v) is 6.46. The lowest BCUT2D eigenvalue weighted by molar-refractivity contribution is -0.317. The van der Waals surface area contributed by atoms with Crippen LogP contribution in [-0.2, 0) is 33.2 Å². The fraction of sp³-hybridized carbons (Fsp3) is 0.875. The SMILES string of the molecule is CN(C(=O)O)[C@@H]1CC[C@@H](NC(=O)OC(C)(C)C)[C@H](O[C@H]2[C@H](O)[C@@H](O[C@H]3OC[C@](C)(O)[C@H](N(C)C(=O)C(F)(F)F)[C@H]3O)[C@H](N)C[C@@H]2NC(=O)OC(C)(C)C)O1. The number of alkyl halides is 3. The predicted molar refractivity (Wildman–Crippen MR) is 177 cm³/mol. The highest BCUT2D eigenvalue weighted by Crippen LogP contribution is 2.35. The number of alkyl carbamates (subject to hydrolysis) is 2. The molecular formula is C32H54F3N5O14. The van der Waals surface area contributed by atoms with Crippen LogP contribution >= 0.6 is 0 Å². The van der Waals surface area contributed by atoms with Crippen molar-refractivity contribution in [3.05, 3.63) is 0 Å². The van der Waals surface area contributed by atoms with E-state index in [-0.39, 0.29) is 24.2 Å². The minimum absolute atomic E-state index is 0.0895. The number of hydrogen-bond acceptors (Lipinski definition) is 14. The molecule has 0 spiro atoms. The number of rotatable bonds is 8. The highest BCUT2D eigenvalue weighted by Gasteiger charge is 2.56. The van der Waals surface area contributed by atoms with Gasteiger partial charge in [0.05, 0.1) is 24.7 Å². The number of carboxylic acid groups (broad SMARTS) is 1. The van der Waals surface area contributed by atoms with Gasteiger partial charge in [-0.15, -0.1) is 0 Å². The largest absolute Gasteiger partial charge is 0.471 e. The predicted octanol–water partition coefficient (Wildman–Crippen LogP) is 0.565. The summed E-state index contributed by atoms with van der Waals surface area (Å²) in [5.74, 6) is -2.36. The van der Waals surface area contributed by atoms with Gasteiger partial charge in [-0.2, -0.15) is 13.2 Å². The van der Waals surface area contributed by atoms with Crippen molar-refractivity contribution in [2.45, 2.75) is 158 Å². The van der Waals surface area contributed by atoms with Gasteiger partial charge in [-0.25, -0.2) is 14.4 Å². The van der Waals surface area contributed by atoms with E-state index in [1.807, 2.05) is 0 Å². The number of nitrogens with zero attached hydrogens (tertiary/aromatic N) is 2. The first-order valence-corrected chi connectivity index (χ1v) is 17.2. The molecule has 4 amide bonds. The van der Waals surface area contributed by atoms with Gasteiger partial charge in [-0.1, -0.05) is 0 Å². The normalized spacial score (nSPS) is 35.0. The number of aliphatic hydroxyl groups is 3. The van der Waals surface area contributed by atoms with E-state index in [0.717, 1.165) is 18.9 Å². The molecule has 54 heavy (non-hydrogen) atoms. The van der Waals surface area contributed by atoms with Gasteiger partial charge in [-0.05, 0) is 67.7 Å². The minimum atomic E-state index is -5.35. The summed E-state index contributed by atoms with van der Waals surface area (Å²) >= 11 is 0. The van der Waals surface area contributed by atoms with E-state index in [1.54, 1.807) is 41.5 Å². The van der Waals surface area contributed by atoms with Crippen LogP contribution in [0.15, 0.2) is 0 Å². The Morgan fingerprint density at radius 1 is 0.833 bits per heavy atom. The monoisotopic (exact) mass is 789 g/mol. The number of ether oxygens (including phenoxy) is 6. The Morgan fingerprint density at radius 2 is 1.35 bits per heavy atom. The van der Waals surface area contributed by atoms with Crippen molar-refractivity contribution < 1.29 is 81.2 Å². The van der Waals surface area contributed by atoms with Crippen LogP contribution in [0, 0.1) is 0 Å². The number of amides is 4. The lowest BCUT2D eigenvalue weighted by Gasteiger charge is -2.50. The van der Waals surface area contributed by atoms with Gasteiger partial charge >= 0.3 is 30.4 Å². The van der Waals surface area contributed by atoms with Crippen LogP contribution in [0.3, 0.4) is 0 Å². The van der Waals surface area contributed by atoms with Crippen molar-refractivity contribution in [3.63, 3.8) is 0 Å². The van der Waals surface area contributed by atoms with Gasteiger partial charge in [0.15, 0.2) is 12.6 Å². The summed E-state index contributed by atoms with van der Waals surface area (Å²) in [7, 11) is 1.98. The fourth-order valence-electron chi connectivity index (χ4n) is 6.46. The van der Waals surface area contributed by atoms with Crippen molar-refractivity contribution in [1.29, 1.82) is 0 Å². The lowest BCUT2D eigenvalue weighted by Crippen LogP contribution is -2.70. The molecule has 0 unspecified atom stereocenters. The van der Waals surface area contributed by atoms with E-state index in [1.165, 1.54) is 7.05 Å².